The van der Waals surface area contributed by atoms with E-state index in [0.29, 0.717) is 12.0 Å². The number of aryl methyl sites for hydroxylation is 1. The van der Waals surface area contributed by atoms with Crippen LogP contribution in [0, 0.1) is 18.7 Å². The molecule has 4 nitrogen and oxygen atoms in total. The third-order valence-electron chi connectivity index (χ3n) is 2.94. The first-order valence-corrected chi connectivity index (χ1v) is 7.66. The number of halogens is 1. The highest BCUT2D eigenvalue weighted by Crippen LogP contribution is 2.16. The van der Waals surface area contributed by atoms with Crippen LogP contribution in [0.25, 0.3) is 0 Å². The molecule has 0 aliphatic carbocycles. The Kier molecular flexibility index (Phi) is 5.46. The highest BCUT2D eigenvalue weighted by molar-refractivity contribution is 7.89. The summed E-state index contributed by atoms with van der Waals surface area (Å²) in [4.78, 5) is -0.0634. The van der Waals surface area contributed by atoms with Crippen LogP contribution >= 0.6 is 0 Å². The van der Waals surface area contributed by atoms with Crippen molar-refractivity contribution in [1.29, 1.82) is 0 Å². The van der Waals surface area contributed by atoms with Gasteiger partial charge < -0.3 is 5.11 Å². The largest absolute Gasteiger partial charge is 0.393 e. The SMILES string of the molecule is Cc1ccc(F)cc1S(=O)(=O)NCCC(O)C(C)C. The summed E-state index contributed by atoms with van der Waals surface area (Å²) in [6, 6.07) is 3.64. The Bertz CT molecular complexity index is 529. The zero-order valence-electron chi connectivity index (χ0n) is 11.4. The Morgan fingerprint density at radius 3 is 2.58 bits per heavy atom. The monoisotopic (exact) mass is 289 g/mol. The lowest BCUT2D eigenvalue weighted by Gasteiger charge is -2.15. The Morgan fingerprint density at radius 1 is 1.37 bits per heavy atom. The maximum absolute atomic E-state index is 13.1. The van der Waals surface area contributed by atoms with Crippen molar-refractivity contribution in [3.8, 4) is 0 Å². The average molecular weight is 289 g/mol. The van der Waals surface area contributed by atoms with Gasteiger partial charge in [0.15, 0.2) is 0 Å². The van der Waals surface area contributed by atoms with Gasteiger partial charge >= 0.3 is 0 Å². The number of benzene rings is 1. The molecule has 0 radical (unpaired) electrons. The molecule has 0 aliphatic heterocycles. The van der Waals surface area contributed by atoms with Crippen LogP contribution in [-0.2, 0) is 10.0 Å². The molecule has 108 valence electrons. The van der Waals surface area contributed by atoms with Crippen LogP contribution in [0.3, 0.4) is 0 Å². The van der Waals surface area contributed by atoms with Crippen molar-refractivity contribution in [2.24, 2.45) is 5.92 Å². The van der Waals surface area contributed by atoms with Gasteiger partial charge in [-0.25, -0.2) is 17.5 Å². The quantitative estimate of drug-likeness (QED) is 0.839. The molecule has 1 atom stereocenters. The van der Waals surface area contributed by atoms with Gasteiger partial charge in [-0.15, -0.1) is 0 Å². The lowest BCUT2D eigenvalue weighted by Crippen LogP contribution is -2.29. The van der Waals surface area contributed by atoms with Crippen molar-refractivity contribution in [1.82, 2.24) is 4.72 Å². The van der Waals surface area contributed by atoms with E-state index in [1.54, 1.807) is 6.92 Å². The fourth-order valence-electron chi connectivity index (χ4n) is 1.62. The summed E-state index contributed by atoms with van der Waals surface area (Å²) in [5.74, 6) is -0.520. The van der Waals surface area contributed by atoms with Crippen LogP contribution in [0.2, 0.25) is 0 Å². The third kappa shape index (κ3) is 4.56. The molecule has 2 N–H and O–H groups in total. The summed E-state index contributed by atoms with van der Waals surface area (Å²) >= 11 is 0. The van der Waals surface area contributed by atoms with Gasteiger partial charge in [0.2, 0.25) is 10.0 Å². The number of aliphatic hydroxyl groups excluding tert-OH is 1. The third-order valence-corrected chi connectivity index (χ3v) is 4.54. The second kappa shape index (κ2) is 6.45. The molecule has 0 heterocycles. The standard InChI is InChI=1S/C13H20FNO3S/c1-9(2)12(16)6-7-15-19(17,18)13-8-11(14)5-4-10(13)3/h4-5,8-9,12,15-16H,6-7H2,1-3H3. The molecular weight excluding hydrogens is 269 g/mol. The van der Waals surface area contributed by atoms with Gasteiger partial charge in [0, 0.05) is 6.54 Å². The summed E-state index contributed by atoms with van der Waals surface area (Å²) in [5.41, 5.74) is 0.485. The van der Waals surface area contributed by atoms with Gasteiger partial charge in [0.25, 0.3) is 0 Å². The molecule has 1 aromatic carbocycles. The molecule has 0 saturated heterocycles. The second-order valence-corrected chi connectivity index (χ2v) is 6.64. The van der Waals surface area contributed by atoms with E-state index >= 15 is 0 Å². The van der Waals surface area contributed by atoms with Crippen LogP contribution in [0.15, 0.2) is 23.1 Å². The van der Waals surface area contributed by atoms with Crippen molar-refractivity contribution in [3.05, 3.63) is 29.6 Å². The number of nitrogens with one attached hydrogen (secondary N) is 1. The predicted molar refractivity (Wildman–Crippen MR) is 71.8 cm³/mol. The number of sulfonamides is 1. The van der Waals surface area contributed by atoms with E-state index in [2.05, 4.69) is 4.72 Å². The summed E-state index contributed by atoms with van der Waals surface area (Å²) in [7, 11) is -3.74. The molecule has 0 fully saturated rings. The molecule has 1 rings (SSSR count). The number of hydrogen-bond donors (Lipinski definition) is 2. The van der Waals surface area contributed by atoms with Crippen molar-refractivity contribution < 1.29 is 17.9 Å². The Morgan fingerprint density at radius 2 is 2.00 bits per heavy atom. The maximum atomic E-state index is 13.1. The van der Waals surface area contributed by atoms with Crippen molar-refractivity contribution in [2.75, 3.05) is 6.54 Å². The molecular formula is C13H20FNO3S. The van der Waals surface area contributed by atoms with Gasteiger partial charge in [0.05, 0.1) is 11.0 Å². The fraction of sp³-hybridized carbons (Fsp3) is 0.538. The van der Waals surface area contributed by atoms with Crippen molar-refractivity contribution >= 4 is 10.0 Å². The molecule has 0 spiro atoms. The van der Waals surface area contributed by atoms with Crippen LogP contribution in [0.4, 0.5) is 4.39 Å². The fourth-order valence-corrected chi connectivity index (χ4v) is 2.92. The van der Waals surface area contributed by atoms with E-state index in [-0.39, 0.29) is 17.4 Å². The summed E-state index contributed by atoms with van der Waals surface area (Å²) in [5, 5.41) is 9.60. The minimum Gasteiger partial charge on any atom is -0.393 e. The van der Waals surface area contributed by atoms with E-state index < -0.39 is 21.9 Å². The topological polar surface area (TPSA) is 66.4 Å². The lowest BCUT2D eigenvalue weighted by molar-refractivity contribution is 0.118. The zero-order chi connectivity index (χ0) is 14.6. The Labute approximate surface area is 113 Å². The van der Waals surface area contributed by atoms with Gasteiger partial charge in [0.1, 0.15) is 5.82 Å². The van der Waals surface area contributed by atoms with Crippen LogP contribution in [-0.4, -0.2) is 26.2 Å². The first kappa shape index (κ1) is 16.1. The number of rotatable bonds is 6. The lowest BCUT2D eigenvalue weighted by atomic mass is 10.1. The summed E-state index contributed by atoms with van der Waals surface area (Å²) < 4.78 is 39.5. The normalized spacial score (nSPS) is 13.8. The van der Waals surface area contributed by atoms with E-state index in [0.717, 1.165) is 6.07 Å². The van der Waals surface area contributed by atoms with Crippen LogP contribution < -0.4 is 4.72 Å². The summed E-state index contributed by atoms with van der Waals surface area (Å²) in [6.45, 7) is 5.44. The van der Waals surface area contributed by atoms with Gasteiger partial charge in [-0.3, -0.25) is 0 Å². The van der Waals surface area contributed by atoms with E-state index in [1.165, 1.54) is 12.1 Å². The first-order valence-electron chi connectivity index (χ1n) is 6.18. The van der Waals surface area contributed by atoms with Gasteiger partial charge in [-0.2, -0.15) is 0 Å². The minimum absolute atomic E-state index is 0.0634. The molecule has 6 heteroatoms. The molecule has 1 aromatic rings. The molecule has 0 saturated carbocycles. The first-order chi connectivity index (χ1) is 8.74. The molecule has 0 amide bonds. The smallest absolute Gasteiger partial charge is 0.240 e. The molecule has 0 bridgehead atoms. The van der Waals surface area contributed by atoms with Crippen LogP contribution in [0.1, 0.15) is 25.8 Å². The number of hydrogen-bond acceptors (Lipinski definition) is 3. The van der Waals surface area contributed by atoms with Gasteiger partial charge in [-0.1, -0.05) is 19.9 Å². The Balaban J connectivity index is 2.74. The molecule has 19 heavy (non-hydrogen) atoms. The van der Waals surface area contributed by atoms with Crippen molar-refractivity contribution in [3.63, 3.8) is 0 Å². The molecule has 0 aromatic heterocycles. The average Bonchev–Trinajstić information content (AvgIpc) is 2.31. The molecule has 0 aliphatic rings. The summed E-state index contributed by atoms with van der Waals surface area (Å²) in [6.07, 6.45) is -0.234. The Hall–Kier alpha value is -0.980. The highest BCUT2D eigenvalue weighted by Gasteiger charge is 2.18. The van der Waals surface area contributed by atoms with Crippen LogP contribution in [0.5, 0.6) is 0 Å². The predicted octanol–water partition coefficient (Wildman–Crippen LogP) is 1.82. The van der Waals surface area contributed by atoms with E-state index in [4.69, 9.17) is 0 Å². The molecule has 1 unspecified atom stereocenters. The van der Waals surface area contributed by atoms with E-state index in [1.807, 2.05) is 13.8 Å². The second-order valence-electron chi connectivity index (χ2n) is 4.91. The maximum Gasteiger partial charge on any atom is 0.240 e. The number of aliphatic hydroxyl groups is 1. The van der Waals surface area contributed by atoms with Gasteiger partial charge in [-0.05, 0) is 37.0 Å². The zero-order valence-corrected chi connectivity index (χ0v) is 12.2. The van der Waals surface area contributed by atoms with Crippen molar-refractivity contribution in [2.45, 2.75) is 38.2 Å². The minimum atomic E-state index is -3.74. The van der Waals surface area contributed by atoms with E-state index in [9.17, 15) is 17.9 Å². The highest BCUT2D eigenvalue weighted by atomic mass is 32.2.